The Morgan fingerprint density at radius 2 is 2.15 bits per heavy atom. The maximum atomic E-state index is 12.9. The quantitative estimate of drug-likeness (QED) is 0.815. The van der Waals surface area contributed by atoms with Crippen LogP contribution in [0.1, 0.15) is 36.0 Å². The summed E-state index contributed by atoms with van der Waals surface area (Å²) in [4.78, 5) is 14.8. The van der Waals surface area contributed by atoms with Crippen LogP contribution in [0.4, 0.5) is 0 Å². The number of amides is 1. The lowest BCUT2D eigenvalue weighted by atomic mass is 9.98. The zero-order valence-corrected chi connectivity index (χ0v) is 15.4. The van der Waals surface area contributed by atoms with Gasteiger partial charge in [0.2, 0.25) is 0 Å². The summed E-state index contributed by atoms with van der Waals surface area (Å²) in [6.07, 6.45) is 8.02. The molecule has 0 N–H and O–H groups in total. The van der Waals surface area contributed by atoms with Crippen molar-refractivity contribution in [2.45, 2.75) is 37.4 Å². The maximum absolute atomic E-state index is 12.9. The first kappa shape index (κ1) is 17.0. The SMILES string of the molecule is O=C(c1cnn(-c2ccccc2)c1)N1CC[C@@]2(C[C@@H](OCC3CC3)CO2)C1. The highest BCUT2D eigenvalue weighted by Crippen LogP contribution is 2.38. The maximum Gasteiger partial charge on any atom is 0.257 e. The molecular weight excluding hydrogens is 342 g/mol. The summed E-state index contributed by atoms with van der Waals surface area (Å²) >= 11 is 0. The summed E-state index contributed by atoms with van der Waals surface area (Å²) in [5, 5.41) is 4.34. The molecule has 1 aromatic heterocycles. The fourth-order valence-electron chi connectivity index (χ4n) is 4.11. The number of hydrogen-bond donors (Lipinski definition) is 0. The van der Waals surface area contributed by atoms with Crippen LogP contribution < -0.4 is 0 Å². The van der Waals surface area contributed by atoms with Crippen molar-refractivity contribution < 1.29 is 14.3 Å². The van der Waals surface area contributed by atoms with E-state index in [1.165, 1.54) is 12.8 Å². The Morgan fingerprint density at radius 3 is 2.96 bits per heavy atom. The van der Waals surface area contributed by atoms with Crippen LogP contribution in [-0.4, -0.2) is 58.6 Å². The minimum absolute atomic E-state index is 0.0278. The minimum Gasteiger partial charge on any atom is -0.375 e. The van der Waals surface area contributed by atoms with Crippen LogP contribution in [0, 0.1) is 5.92 Å². The van der Waals surface area contributed by atoms with Crippen LogP contribution in [0.5, 0.6) is 0 Å². The van der Waals surface area contributed by atoms with Gasteiger partial charge < -0.3 is 14.4 Å². The van der Waals surface area contributed by atoms with Crippen molar-refractivity contribution in [1.29, 1.82) is 0 Å². The molecule has 1 aromatic carbocycles. The van der Waals surface area contributed by atoms with E-state index >= 15 is 0 Å². The third-order valence-corrected chi connectivity index (χ3v) is 5.89. The second kappa shape index (κ2) is 6.77. The highest BCUT2D eigenvalue weighted by atomic mass is 16.6. The summed E-state index contributed by atoms with van der Waals surface area (Å²) in [6.45, 7) is 2.89. The van der Waals surface area contributed by atoms with Crippen LogP contribution in [0.2, 0.25) is 0 Å². The number of carbonyl (C=O) groups excluding carboxylic acids is 1. The molecule has 2 aliphatic heterocycles. The summed E-state index contributed by atoms with van der Waals surface area (Å²) in [7, 11) is 0. The normalized spacial score (nSPS) is 27.6. The largest absolute Gasteiger partial charge is 0.375 e. The molecule has 3 heterocycles. The molecule has 2 saturated heterocycles. The smallest absolute Gasteiger partial charge is 0.257 e. The topological polar surface area (TPSA) is 56.6 Å². The van der Waals surface area contributed by atoms with Crippen molar-refractivity contribution in [3.05, 3.63) is 48.3 Å². The first-order chi connectivity index (χ1) is 13.2. The molecular formula is C21H25N3O3. The number of ether oxygens (including phenoxy) is 2. The number of para-hydroxylation sites is 1. The van der Waals surface area contributed by atoms with Crippen molar-refractivity contribution in [1.82, 2.24) is 14.7 Å². The lowest BCUT2D eigenvalue weighted by Gasteiger charge is -2.23. The number of aromatic nitrogens is 2. The van der Waals surface area contributed by atoms with Crippen LogP contribution in [-0.2, 0) is 9.47 Å². The van der Waals surface area contributed by atoms with Gasteiger partial charge in [0, 0.05) is 25.8 Å². The first-order valence-corrected chi connectivity index (χ1v) is 9.86. The van der Waals surface area contributed by atoms with Gasteiger partial charge in [-0.05, 0) is 37.3 Å². The van der Waals surface area contributed by atoms with Crippen molar-refractivity contribution in [2.24, 2.45) is 5.92 Å². The average Bonchev–Trinajstić information content (AvgIpc) is 3.11. The Labute approximate surface area is 159 Å². The van der Waals surface area contributed by atoms with Gasteiger partial charge in [-0.25, -0.2) is 4.68 Å². The number of nitrogens with zero attached hydrogens (tertiary/aromatic N) is 3. The van der Waals surface area contributed by atoms with Crippen LogP contribution >= 0.6 is 0 Å². The van der Waals surface area contributed by atoms with E-state index in [2.05, 4.69) is 5.10 Å². The average molecular weight is 367 g/mol. The molecule has 0 bridgehead atoms. The molecule has 3 aliphatic rings. The molecule has 1 saturated carbocycles. The minimum atomic E-state index is -0.223. The molecule has 27 heavy (non-hydrogen) atoms. The zero-order valence-electron chi connectivity index (χ0n) is 15.4. The van der Waals surface area contributed by atoms with E-state index in [0.717, 1.165) is 37.6 Å². The molecule has 1 aliphatic carbocycles. The molecule has 0 unspecified atom stereocenters. The van der Waals surface area contributed by atoms with E-state index in [1.54, 1.807) is 17.1 Å². The predicted octanol–water partition coefficient (Wildman–Crippen LogP) is 2.67. The van der Waals surface area contributed by atoms with Crippen molar-refractivity contribution in [3.8, 4) is 5.69 Å². The molecule has 6 heteroatoms. The predicted molar refractivity (Wildman–Crippen MR) is 99.8 cm³/mol. The van der Waals surface area contributed by atoms with E-state index in [4.69, 9.17) is 9.47 Å². The molecule has 5 rings (SSSR count). The van der Waals surface area contributed by atoms with Gasteiger partial charge in [-0.1, -0.05) is 18.2 Å². The Bertz CT molecular complexity index is 817. The van der Waals surface area contributed by atoms with Crippen LogP contribution in [0.15, 0.2) is 42.7 Å². The number of benzene rings is 1. The fraction of sp³-hybridized carbons (Fsp3) is 0.524. The monoisotopic (exact) mass is 367 g/mol. The summed E-state index contributed by atoms with van der Waals surface area (Å²) in [6, 6.07) is 9.83. The van der Waals surface area contributed by atoms with Gasteiger partial charge in [0.25, 0.3) is 5.91 Å². The standard InChI is InChI=1S/C21H25N3O3/c25-20(17-11-22-24(12-17)18-4-2-1-3-5-18)23-9-8-21(15-23)10-19(14-27-21)26-13-16-6-7-16/h1-5,11-12,16,19H,6-10,13-15H2/t19-,21-/m1/s1. The van der Waals surface area contributed by atoms with Gasteiger partial charge in [-0.2, -0.15) is 5.10 Å². The molecule has 1 spiro atoms. The van der Waals surface area contributed by atoms with Gasteiger partial charge in [-0.3, -0.25) is 4.79 Å². The third-order valence-electron chi connectivity index (χ3n) is 5.89. The Balaban J connectivity index is 1.21. The molecule has 3 fully saturated rings. The van der Waals surface area contributed by atoms with Crippen molar-refractivity contribution in [2.75, 3.05) is 26.3 Å². The summed E-state index contributed by atoms with van der Waals surface area (Å²) in [5.74, 6) is 0.796. The van der Waals surface area contributed by atoms with Gasteiger partial charge >= 0.3 is 0 Å². The highest BCUT2D eigenvalue weighted by molar-refractivity contribution is 5.94. The molecule has 6 nitrogen and oxygen atoms in total. The highest BCUT2D eigenvalue weighted by Gasteiger charge is 2.47. The molecule has 0 radical (unpaired) electrons. The van der Waals surface area contributed by atoms with Gasteiger partial charge in [0.1, 0.15) is 0 Å². The van der Waals surface area contributed by atoms with E-state index < -0.39 is 0 Å². The lowest BCUT2D eigenvalue weighted by molar-refractivity contribution is 0.00157. The van der Waals surface area contributed by atoms with E-state index in [0.29, 0.717) is 18.7 Å². The second-order valence-electron chi connectivity index (χ2n) is 8.08. The van der Waals surface area contributed by atoms with Gasteiger partial charge in [-0.15, -0.1) is 0 Å². The zero-order chi connectivity index (χ0) is 18.3. The van der Waals surface area contributed by atoms with E-state index in [9.17, 15) is 4.79 Å². The summed E-state index contributed by atoms with van der Waals surface area (Å²) < 4.78 is 13.9. The number of rotatable bonds is 5. The Morgan fingerprint density at radius 1 is 1.30 bits per heavy atom. The molecule has 142 valence electrons. The van der Waals surface area contributed by atoms with E-state index in [1.807, 2.05) is 35.2 Å². The van der Waals surface area contributed by atoms with Crippen LogP contribution in [0.3, 0.4) is 0 Å². The second-order valence-corrected chi connectivity index (χ2v) is 8.08. The Hall–Kier alpha value is -2.18. The van der Waals surface area contributed by atoms with Crippen LogP contribution in [0.25, 0.3) is 5.69 Å². The first-order valence-electron chi connectivity index (χ1n) is 9.86. The number of carbonyl (C=O) groups is 1. The molecule has 2 atom stereocenters. The van der Waals surface area contributed by atoms with Gasteiger partial charge in [0.05, 0.1) is 42.3 Å². The number of hydrogen-bond acceptors (Lipinski definition) is 4. The number of likely N-dealkylation sites (tertiary alicyclic amines) is 1. The summed E-state index contributed by atoms with van der Waals surface area (Å²) in [5.41, 5.74) is 1.35. The Kier molecular flexibility index (Phi) is 4.25. The van der Waals surface area contributed by atoms with Crippen molar-refractivity contribution in [3.63, 3.8) is 0 Å². The lowest BCUT2D eigenvalue weighted by Crippen LogP contribution is -2.36. The van der Waals surface area contributed by atoms with Crippen molar-refractivity contribution >= 4 is 5.91 Å². The molecule has 2 aromatic rings. The fourth-order valence-corrected chi connectivity index (χ4v) is 4.11. The van der Waals surface area contributed by atoms with Gasteiger partial charge in [0.15, 0.2) is 0 Å². The molecule has 1 amide bonds. The van der Waals surface area contributed by atoms with E-state index in [-0.39, 0.29) is 17.6 Å². The third kappa shape index (κ3) is 3.51.